The molecule has 0 unspecified atom stereocenters. The summed E-state index contributed by atoms with van der Waals surface area (Å²) in [6, 6.07) is 0. The first-order valence-corrected chi connectivity index (χ1v) is 6.27. The number of carbonyl (C=O) groups is 1. The summed E-state index contributed by atoms with van der Waals surface area (Å²) in [5, 5.41) is 0. The van der Waals surface area contributed by atoms with Crippen molar-refractivity contribution >= 4 is 5.78 Å². The molecular weight excluding hydrogens is 196 g/mol. The zero-order chi connectivity index (χ0) is 12.2. The van der Waals surface area contributed by atoms with Crippen LogP contribution in [-0.4, -0.2) is 5.78 Å². The highest BCUT2D eigenvalue weighted by molar-refractivity contribution is 5.81. The van der Waals surface area contributed by atoms with Gasteiger partial charge in [-0.05, 0) is 31.6 Å². The van der Waals surface area contributed by atoms with Gasteiger partial charge < -0.3 is 0 Å². The van der Waals surface area contributed by atoms with Gasteiger partial charge >= 0.3 is 0 Å². The Morgan fingerprint density at radius 1 is 1.31 bits per heavy atom. The monoisotopic (exact) mass is 220 g/mol. The average molecular weight is 220 g/mol. The average Bonchev–Trinajstić information content (AvgIpc) is 2.23. The van der Waals surface area contributed by atoms with Crippen LogP contribution in [0, 0.1) is 11.3 Å². The van der Waals surface area contributed by atoms with Crippen LogP contribution in [0.1, 0.15) is 53.4 Å². The van der Waals surface area contributed by atoms with Gasteiger partial charge in [-0.15, -0.1) is 0 Å². The zero-order valence-electron chi connectivity index (χ0n) is 11.0. The Morgan fingerprint density at radius 3 is 2.69 bits per heavy atom. The first-order chi connectivity index (χ1) is 7.41. The quantitative estimate of drug-likeness (QED) is 0.556. The molecule has 1 aliphatic rings. The number of ketones is 1. The van der Waals surface area contributed by atoms with Gasteiger partial charge in [-0.3, -0.25) is 4.79 Å². The molecule has 1 rings (SSSR count). The fourth-order valence-corrected chi connectivity index (χ4v) is 1.90. The molecule has 0 aromatic rings. The van der Waals surface area contributed by atoms with Gasteiger partial charge in [-0.1, -0.05) is 44.6 Å². The minimum atomic E-state index is 0.179. The van der Waals surface area contributed by atoms with Crippen LogP contribution >= 0.6 is 0 Å². The van der Waals surface area contributed by atoms with Crippen molar-refractivity contribution in [1.29, 1.82) is 0 Å². The van der Waals surface area contributed by atoms with Crippen molar-refractivity contribution < 1.29 is 4.79 Å². The highest BCUT2D eigenvalue weighted by Gasteiger charge is 2.16. The maximum Gasteiger partial charge on any atom is 0.136 e. The van der Waals surface area contributed by atoms with Crippen molar-refractivity contribution in [2.75, 3.05) is 0 Å². The summed E-state index contributed by atoms with van der Waals surface area (Å²) in [6.07, 6.45) is 10.3. The standard InChI is InChI=1S/C15H24O/c1-12-7-8-14(16)13(2)6-5-10-15(3,4)11-9-12/h5,9-10,13H,6-8,11H2,1-4H3/b10-5+,12-9-/t13-/m0/s1. The van der Waals surface area contributed by atoms with Crippen molar-refractivity contribution in [3.63, 3.8) is 0 Å². The van der Waals surface area contributed by atoms with Crippen molar-refractivity contribution in [1.82, 2.24) is 0 Å². The van der Waals surface area contributed by atoms with E-state index in [1.807, 2.05) is 6.92 Å². The predicted octanol–water partition coefficient (Wildman–Crippen LogP) is 4.29. The Kier molecular flexibility index (Phi) is 4.52. The van der Waals surface area contributed by atoms with Gasteiger partial charge in [0.25, 0.3) is 0 Å². The second-order valence-corrected chi connectivity index (χ2v) is 5.75. The molecule has 0 aromatic carbocycles. The maximum absolute atomic E-state index is 11.8. The van der Waals surface area contributed by atoms with E-state index in [1.54, 1.807) is 0 Å². The van der Waals surface area contributed by atoms with E-state index >= 15 is 0 Å². The summed E-state index contributed by atoms with van der Waals surface area (Å²) in [4.78, 5) is 11.8. The van der Waals surface area contributed by atoms with E-state index in [9.17, 15) is 4.79 Å². The molecular formula is C15H24O. The third-order valence-corrected chi connectivity index (χ3v) is 3.35. The fraction of sp³-hybridized carbons (Fsp3) is 0.667. The molecule has 0 aromatic heterocycles. The summed E-state index contributed by atoms with van der Waals surface area (Å²) < 4.78 is 0. The zero-order valence-corrected chi connectivity index (χ0v) is 11.0. The lowest BCUT2D eigenvalue weighted by Crippen LogP contribution is -2.10. The molecule has 0 aliphatic heterocycles. The third-order valence-electron chi connectivity index (χ3n) is 3.35. The molecule has 0 N–H and O–H groups in total. The molecule has 1 aliphatic carbocycles. The number of rotatable bonds is 0. The van der Waals surface area contributed by atoms with Crippen LogP contribution in [-0.2, 0) is 4.79 Å². The summed E-state index contributed by atoms with van der Waals surface area (Å²) >= 11 is 0. The van der Waals surface area contributed by atoms with Gasteiger partial charge in [0.1, 0.15) is 5.78 Å². The summed E-state index contributed by atoms with van der Waals surface area (Å²) in [7, 11) is 0. The summed E-state index contributed by atoms with van der Waals surface area (Å²) in [5.74, 6) is 0.579. The van der Waals surface area contributed by atoms with Gasteiger partial charge in [0.05, 0.1) is 0 Å². The summed E-state index contributed by atoms with van der Waals surface area (Å²) in [6.45, 7) is 8.67. The molecule has 0 amide bonds. The van der Waals surface area contributed by atoms with E-state index in [0.29, 0.717) is 12.2 Å². The van der Waals surface area contributed by atoms with Crippen molar-refractivity contribution in [3.05, 3.63) is 23.8 Å². The molecule has 0 saturated heterocycles. The van der Waals surface area contributed by atoms with E-state index in [1.165, 1.54) is 5.57 Å². The Bertz CT molecular complexity index is 307. The van der Waals surface area contributed by atoms with Crippen LogP contribution in [0.5, 0.6) is 0 Å². The molecule has 1 nitrogen and oxygen atoms in total. The third kappa shape index (κ3) is 4.34. The predicted molar refractivity (Wildman–Crippen MR) is 69.3 cm³/mol. The topological polar surface area (TPSA) is 17.1 Å². The van der Waals surface area contributed by atoms with Gasteiger partial charge in [0.2, 0.25) is 0 Å². The normalized spacial score (nSPS) is 32.4. The van der Waals surface area contributed by atoms with Gasteiger partial charge in [-0.2, -0.15) is 0 Å². The lowest BCUT2D eigenvalue weighted by molar-refractivity contribution is -0.122. The molecule has 16 heavy (non-hydrogen) atoms. The van der Waals surface area contributed by atoms with E-state index in [-0.39, 0.29) is 11.3 Å². The number of allylic oxidation sites excluding steroid dienone is 4. The van der Waals surface area contributed by atoms with Gasteiger partial charge in [-0.25, -0.2) is 0 Å². The van der Waals surface area contributed by atoms with Crippen molar-refractivity contribution in [2.24, 2.45) is 11.3 Å². The molecule has 0 radical (unpaired) electrons. The number of hydrogen-bond donors (Lipinski definition) is 0. The van der Waals surface area contributed by atoms with Crippen LogP contribution < -0.4 is 0 Å². The SMILES string of the molecule is C/C1=C/CC(C)(C)/C=C/C[C@H](C)C(=O)CC1. The van der Waals surface area contributed by atoms with E-state index in [0.717, 1.165) is 19.3 Å². The van der Waals surface area contributed by atoms with E-state index in [4.69, 9.17) is 0 Å². The highest BCUT2D eigenvalue weighted by Crippen LogP contribution is 2.26. The molecule has 1 heteroatoms. The number of Topliss-reactive ketones (excluding diaryl/α,β-unsaturated/α-hetero) is 1. The fourth-order valence-electron chi connectivity index (χ4n) is 1.90. The molecule has 0 heterocycles. The number of hydrogen-bond acceptors (Lipinski definition) is 1. The first-order valence-electron chi connectivity index (χ1n) is 6.27. The molecule has 1 atom stereocenters. The van der Waals surface area contributed by atoms with Gasteiger partial charge in [0, 0.05) is 12.3 Å². The highest BCUT2D eigenvalue weighted by atomic mass is 16.1. The molecule has 90 valence electrons. The van der Waals surface area contributed by atoms with E-state index < -0.39 is 0 Å². The lowest BCUT2D eigenvalue weighted by Gasteiger charge is -2.18. The van der Waals surface area contributed by atoms with Crippen LogP contribution in [0.15, 0.2) is 23.8 Å². The van der Waals surface area contributed by atoms with Crippen LogP contribution in [0.25, 0.3) is 0 Å². The van der Waals surface area contributed by atoms with Crippen LogP contribution in [0.4, 0.5) is 0 Å². The second-order valence-electron chi connectivity index (χ2n) is 5.75. The Morgan fingerprint density at radius 2 is 2.00 bits per heavy atom. The Labute approximate surface area is 99.6 Å². The maximum atomic E-state index is 11.8. The Hall–Kier alpha value is -0.850. The lowest BCUT2D eigenvalue weighted by atomic mass is 9.87. The molecule has 0 spiro atoms. The number of carbonyl (C=O) groups excluding carboxylic acids is 1. The smallest absolute Gasteiger partial charge is 0.136 e. The molecule has 0 saturated carbocycles. The summed E-state index contributed by atoms with van der Waals surface area (Å²) in [5.41, 5.74) is 1.57. The molecule has 0 bridgehead atoms. The Balaban J connectivity index is 2.81. The minimum Gasteiger partial charge on any atom is -0.299 e. The van der Waals surface area contributed by atoms with Crippen LogP contribution in [0.3, 0.4) is 0 Å². The van der Waals surface area contributed by atoms with Gasteiger partial charge in [0.15, 0.2) is 0 Å². The first kappa shape index (κ1) is 13.2. The minimum absolute atomic E-state index is 0.179. The second kappa shape index (κ2) is 5.47. The largest absolute Gasteiger partial charge is 0.299 e. The van der Waals surface area contributed by atoms with Crippen LogP contribution in [0.2, 0.25) is 0 Å². The van der Waals surface area contributed by atoms with E-state index in [2.05, 4.69) is 39.0 Å². The molecule has 0 fully saturated rings. The van der Waals surface area contributed by atoms with Crippen molar-refractivity contribution in [3.8, 4) is 0 Å². The van der Waals surface area contributed by atoms with Crippen molar-refractivity contribution in [2.45, 2.75) is 53.4 Å².